The first kappa shape index (κ1) is 15.7. The Bertz CT molecular complexity index is 1010. The van der Waals surface area contributed by atoms with Gasteiger partial charge in [0, 0.05) is 6.08 Å². The molecule has 3 aromatic rings. The van der Waals surface area contributed by atoms with Gasteiger partial charge in [0.05, 0.1) is 11.4 Å². The molecule has 0 spiro atoms. The smallest absolute Gasteiger partial charge is 0.293 e. The summed E-state index contributed by atoms with van der Waals surface area (Å²) in [4.78, 5) is 26.6. The van der Waals surface area contributed by atoms with Crippen molar-refractivity contribution in [2.24, 2.45) is 0 Å². The number of furan rings is 1. The lowest BCUT2D eigenvalue weighted by Crippen LogP contribution is -2.27. The average Bonchev–Trinajstić information content (AvgIpc) is 3.13. The molecule has 1 aromatic heterocycles. The van der Waals surface area contributed by atoms with E-state index < -0.39 is 0 Å². The number of carbonyl (C=O) groups is 2. The van der Waals surface area contributed by atoms with Crippen molar-refractivity contribution < 1.29 is 14.0 Å². The molecule has 1 aliphatic rings. The van der Waals surface area contributed by atoms with Gasteiger partial charge in [-0.25, -0.2) is 0 Å². The minimum absolute atomic E-state index is 0.257. The van der Waals surface area contributed by atoms with Crippen LogP contribution in [0.15, 0.2) is 63.9 Å². The van der Waals surface area contributed by atoms with Gasteiger partial charge in [-0.1, -0.05) is 42.5 Å². The predicted molar refractivity (Wildman–Crippen MR) is 98.9 cm³/mol. The predicted octanol–water partition coefficient (Wildman–Crippen LogP) is 4.98. The summed E-state index contributed by atoms with van der Waals surface area (Å²) in [6.07, 6.45) is 1.63. The van der Waals surface area contributed by atoms with Gasteiger partial charge in [0.25, 0.3) is 11.1 Å². The lowest BCUT2D eigenvalue weighted by molar-refractivity contribution is -0.123. The van der Waals surface area contributed by atoms with Gasteiger partial charge in [0.15, 0.2) is 0 Å². The van der Waals surface area contributed by atoms with E-state index in [0.717, 1.165) is 33.9 Å². The lowest BCUT2D eigenvalue weighted by atomic mass is 10.0. The molecular formula is C20H15NO3S. The maximum atomic E-state index is 12.6. The zero-order valence-electron chi connectivity index (χ0n) is 13.6. The number of hydrogen-bond donors (Lipinski definition) is 0. The molecule has 2 amide bonds. The number of hydrogen-bond acceptors (Lipinski definition) is 4. The van der Waals surface area contributed by atoms with Crippen molar-refractivity contribution in [3.63, 3.8) is 0 Å². The second kappa shape index (κ2) is 6.26. The number of amides is 2. The Labute approximate surface area is 149 Å². The molecule has 0 atom stereocenters. The molecular weight excluding hydrogens is 334 g/mol. The summed E-state index contributed by atoms with van der Waals surface area (Å²) in [5, 5.41) is 1.88. The molecule has 0 unspecified atom stereocenters. The average molecular weight is 349 g/mol. The van der Waals surface area contributed by atoms with Crippen LogP contribution < -0.4 is 0 Å². The quantitative estimate of drug-likeness (QED) is 0.626. The molecule has 1 fully saturated rings. The first-order valence-corrected chi connectivity index (χ1v) is 8.72. The number of benzene rings is 2. The van der Waals surface area contributed by atoms with Crippen LogP contribution in [0.1, 0.15) is 17.1 Å². The number of rotatable bonds is 3. The highest BCUT2D eigenvalue weighted by atomic mass is 32.2. The van der Waals surface area contributed by atoms with Crippen LogP contribution in [0.25, 0.3) is 16.8 Å². The number of aryl methyl sites for hydroxylation is 1. The summed E-state index contributed by atoms with van der Waals surface area (Å²) in [5.74, 6) is 1.06. The number of thioether (sulfide) groups is 1. The monoisotopic (exact) mass is 349 g/mol. The number of nitrogens with zero attached hydrogens (tertiary/aromatic N) is 1. The summed E-state index contributed by atoms with van der Waals surface area (Å²) in [5.41, 5.74) is 0.954. The Morgan fingerprint density at radius 1 is 1.04 bits per heavy atom. The van der Waals surface area contributed by atoms with E-state index in [0.29, 0.717) is 10.7 Å². The van der Waals surface area contributed by atoms with Crippen molar-refractivity contribution in [2.45, 2.75) is 13.5 Å². The summed E-state index contributed by atoms with van der Waals surface area (Å²) in [7, 11) is 0. The second-order valence-corrected chi connectivity index (χ2v) is 6.85. The number of carbonyl (C=O) groups excluding carboxylic acids is 2. The van der Waals surface area contributed by atoms with Crippen LogP contribution in [0.3, 0.4) is 0 Å². The van der Waals surface area contributed by atoms with E-state index in [2.05, 4.69) is 0 Å². The Balaban J connectivity index is 1.63. The van der Waals surface area contributed by atoms with E-state index >= 15 is 0 Å². The van der Waals surface area contributed by atoms with Crippen LogP contribution in [0.2, 0.25) is 0 Å². The summed E-state index contributed by atoms with van der Waals surface area (Å²) in [6, 6.07) is 17.5. The Kier molecular flexibility index (Phi) is 3.93. The van der Waals surface area contributed by atoms with Crippen LogP contribution in [0, 0.1) is 6.92 Å². The molecule has 2 heterocycles. The van der Waals surface area contributed by atoms with Crippen molar-refractivity contribution in [1.82, 2.24) is 4.90 Å². The van der Waals surface area contributed by atoms with Crippen LogP contribution in [-0.4, -0.2) is 16.0 Å². The Morgan fingerprint density at radius 2 is 1.84 bits per heavy atom. The molecule has 0 saturated carbocycles. The molecule has 2 aromatic carbocycles. The molecule has 0 bridgehead atoms. The fourth-order valence-electron chi connectivity index (χ4n) is 2.90. The third kappa shape index (κ3) is 2.98. The van der Waals surface area contributed by atoms with Gasteiger partial charge in [0.1, 0.15) is 11.5 Å². The number of imide groups is 1. The van der Waals surface area contributed by atoms with Crippen molar-refractivity contribution >= 4 is 39.8 Å². The Morgan fingerprint density at radius 3 is 2.64 bits per heavy atom. The van der Waals surface area contributed by atoms with E-state index in [1.165, 1.54) is 4.90 Å². The lowest BCUT2D eigenvalue weighted by Gasteiger charge is -2.14. The first-order valence-electron chi connectivity index (χ1n) is 7.90. The van der Waals surface area contributed by atoms with Crippen molar-refractivity contribution in [3.05, 3.63) is 76.6 Å². The highest BCUT2D eigenvalue weighted by Crippen LogP contribution is 2.34. The fourth-order valence-corrected chi connectivity index (χ4v) is 3.72. The largest absolute Gasteiger partial charge is 0.462 e. The summed E-state index contributed by atoms with van der Waals surface area (Å²) >= 11 is 0.949. The molecule has 0 radical (unpaired) electrons. The SMILES string of the molecule is Cc1ccc(/C=C2/SC(=O)N(Cc3cccc4ccccc34)C2=O)o1. The first-order chi connectivity index (χ1) is 12.1. The van der Waals surface area contributed by atoms with Crippen molar-refractivity contribution in [3.8, 4) is 0 Å². The standard InChI is InChI=1S/C20H15NO3S/c1-13-9-10-16(24-13)11-18-19(22)21(20(23)25-18)12-15-7-4-6-14-5-2-3-8-17(14)15/h2-11H,12H2,1H3/b18-11+. The molecule has 4 nitrogen and oxygen atoms in total. The van der Waals surface area contributed by atoms with Crippen molar-refractivity contribution in [1.29, 1.82) is 0 Å². The zero-order chi connectivity index (χ0) is 17.4. The van der Waals surface area contributed by atoms with E-state index in [4.69, 9.17) is 4.42 Å². The van der Waals surface area contributed by atoms with Gasteiger partial charge in [-0.05, 0) is 47.2 Å². The maximum absolute atomic E-state index is 12.6. The third-order valence-electron chi connectivity index (χ3n) is 4.12. The fraction of sp³-hybridized carbons (Fsp3) is 0.100. The van der Waals surface area contributed by atoms with Gasteiger partial charge >= 0.3 is 0 Å². The summed E-state index contributed by atoms with van der Waals surface area (Å²) in [6.45, 7) is 2.10. The van der Waals surface area contributed by atoms with Crippen LogP contribution in [0.5, 0.6) is 0 Å². The van der Waals surface area contributed by atoms with Crippen LogP contribution >= 0.6 is 11.8 Å². The highest BCUT2D eigenvalue weighted by molar-refractivity contribution is 8.18. The minimum Gasteiger partial charge on any atom is -0.462 e. The molecule has 5 heteroatoms. The highest BCUT2D eigenvalue weighted by Gasteiger charge is 2.35. The van der Waals surface area contributed by atoms with Gasteiger partial charge in [-0.15, -0.1) is 0 Å². The normalized spacial score (nSPS) is 16.4. The van der Waals surface area contributed by atoms with E-state index in [-0.39, 0.29) is 17.7 Å². The molecule has 0 N–H and O–H groups in total. The van der Waals surface area contributed by atoms with Crippen molar-refractivity contribution in [2.75, 3.05) is 0 Å². The van der Waals surface area contributed by atoms with Gasteiger partial charge in [-0.3, -0.25) is 14.5 Å². The van der Waals surface area contributed by atoms with Crippen LogP contribution in [-0.2, 0) is 11.3 Å². The molecule has 0 aliphatic carbocycles. The molecule has 4 rings (SSSR count). The van der Waals surface area contributed by atoms with Gasteiger partial charge < -0.3 is 4.42 Å². The Hall–Kier alpha value is -2.79. The van der Waals surface area contributed by atoms with Gasteiger partial charge in [-0.2, -0.15) is 0 Å². The third-order valence-corrected chi connectivity index (χ3v) is 5.02. The zero-order valence-corrected chi connectivity index (χ0v) is 14.4. The maximum Gasteiger partial charge on any atom is 0.293 e. The molecule has 124 valence electrons. The van der Waals surface area contributed by atoms with Gasteiger partial charge in [0.2, 0.25) is 0 Å². The number of fused-ring (bicyclic) bond motifs is 1. The molecule has 1 aliphatic heterocycles. The topological polar surface area (TPSA) is 50.5 Å². The summed E-state index contributed by atoms with van der Waals surface area (Å²) < 4.78 is 5.47. The van der Waals surface area contributed by atoms with E-state index in [1.54, 1.807) is 12.1 Å². The van der Waals surface area contributed by atoms with E-state index in [9.17, 15) is 9.59 Å². The van der Waals surface area contributed by atoms with Crippen LogP contribution in [0.4, 0.5) is 4.79 Å². The second-order valence-electron chi connectivity index (χ2n) is 5.85. The molecule has 1 saturated heterocycles. The molecule has 25 heavy (non-hydrogen) atoms. The minimum atomic E-state index is -0.281. The van der Waals surface area contributed by atoms with E-state index in [1.807, 2.05) is 55.5 Å².